The lowest BCUT2D eigenvalue weighted by Crippen LogP contribution is -2.50. The average Bonchev–Trinajstić information content (AvgIpc) is 2.63. The highest BCUT2D eigenvalue weighted by atomic mass is 16.6. The highest BCUT2D eigenvalue weighted by molar-refractivity contribution is 6.04. The molecule has 0 bridgehead atoms. The van der Waals surface area contributed by atoms with E-state index in [9.17, 15) is 29.3 Å². The molecule has 9 nitrogen and oxygen atoms in total. The quantitative estimate of drug-likeness (QED) is 0.342. The molecule has 0 aliphatic carbocycles. The Bertz CT molecular complexity index is 762. The van der Waals surface area contributed by atoms with Crippen LogP contribution in [0, 0.1) is 23.0 Å². The van der Waals surface area contributed by atoms with Crippen LogP contribution in [-0.4, -0.2) is 58.9 Å². The summed E-state index contributed by atoms with van der Waals surface area (Å²) in [4.78, 5) is 60.9. The third-order valence-corrected chi connectivity index (χ3v) is 4.27. The van der Waals surface area contributed by atoms with Gasteiger partial charge in [0.1, 0.15) is 12.3 Å². The largest absolute Gasteiger partial charge is 0.344 e. The molecule has 0 aliphatic rings. The number of rotatable bonds is 10. The molecule has 28 heavy (non-hydrogen) atoms. The minimum atomic E-state index is -1.17. The standard InChI is InChI=1S/C19H25N3O6/c1-13(2)11-20(4)19(26)17(9-6-10-23)21(12-24)18(25)15-7-5-8-16(14(15)3)22(27)28/h5,7-8,10,12-13,17H,6,9,11H2,1-4H3. The van der Waals surface area contributed by atoms with Gasteiger partial charge in [-0.25, -0.2) is 0 Å². The van der Waals surface area contributed by atoms with Crippen molar-refractivity contribution >= 4 is 30.2 Å². The fourth-order valence-electron chi connectivity index (χ4n) is 2.95. The van der Waals surface area contributed by atoms with E-state index >= 15 is 0 Å². The minimum Gasteiger partial charge on any atom is -0.344 e. The molecule has 0 aliphatic heterocycles. The molecule has 1 aromatic carbocycles. The van der Waals surface area contributed by atoms with Crippen molar-refractivity contribution in [2.45, 2.75) is 39.7 Å². The fraction of sp³-hybridized carbons (Fsp3) is 0.474. The van der Waals surface area contributed by atoms with Gasteiger partial charge in [-0.15, -0.1) is 0 Å². The number of carbonyl (C=O) groups excluding carboxylic acids is 4. The molecule has 0 saturated heterocycles. The van der Waals surface area contributed by atoms with E-state index in [1.807, 2.05) is 13.8 Å². The molecule has 1 unspecified atom stereocenters. The predicted octanol–water partition coefficient (Wildman–Crippen LogP) is 1.96. The monoisotopic (exact) mass is 391 g/mol. The highest BCUT2D eigenvalue weighted by Crippen LogP contribution is 2.23. The molecule has 0 spiro atoms. The summed E-state index contributed by atoms with van der Waals surface area (Å²) in [7, 11) is 1.56. The zero-order valence-electron chi connectivity index (χ0n) is 16.5. The van der Waals surface area contributed by atoms with Gasteiger partial charge in [-0.1, -0.05) is 19.9 Å². The Morgan fingerprint density at radius 2 is 1.89 bits per heavy atom. The van der Waals surface area contributed by atoms with Crippen LogP contribution in [0.1, 0.15) is 42.6 Å². The number of nitro benzene ring substituents is 1. The summed E-state index contributed by atoms with van der Waals surface area (Å²) in [6.07, 6.45) is 0.798. The van der Waals surface area contributed by atoms with Gasteiger partial charge in [0.05, 0.1) is 4.92 Å². The van der Waals surface area contributed by atoms with Crippen molar-refractivity contribution in [3.8, 4) is 0 Å². The van der Waals surface area contributed by atoms with Gasteiger partial charge in [0.2, 0.25) is 12.3 Å². The van der Waals surface area contributed by atoms with Crippen molar-refractivity contribution in [2.75, 3.05) is 13.6 Å². The normalized spacial score (nSPS) is 11.6. The fourth-order valence-corrected chi connectivity index (χ4v) is 2.95. The van der Waals surface area contributed by atoms with Crippen LogP contribution in [0.15, 0.2) is 18.2 Å². The second-order valence-corrected chi connectivity index (χ2v) is 6.90. The van der Waals surface area contributed by atoms with E-state index in [1.165, 1.54) is 30.0 Å². The van der Waals surface area contributed by atoms with Gasteiger partial charge in [0, 0.05) is 37.2 Å². The maximum Gasteiger partial charge on any atom is 0.273 e. The third-order valence-electron chi connectivity index (χ3n) is 4.27. The molecule has 1 aromatic rings. The third kappa shape index (κ3) is 5.45. The van der Waals surface area contributed by atoms with Crippen molar-refractivity contribution in [1.82, 2.24) is 9.80 Å². The first-order valence-corrected chi connectivity index (χ1v) is 8.86. The van der Waals surface area contributed by atoms with E-state index < -0.39 is 22.8 Å². The number of aldehydes is 1. The molecule has 0 aromatic heterocycles. The molecular formula is C19H25N3O6. The van der Waals surface area contributed by atoms with E-state index in [0.29, 0.717) is 17.7 Å². The number of amides is 3. The molecule has 1 rings (SSSR count). The van der Waals surface area contributed by atoms with E-state index in [-0.39, 0.29) is 42.0 Å². The van der Waals surface area contributed by atoms with Crippen LogP contribution in [0.4, 0.5) is 5.69 Å². The lowest BCUT2D eigenvalue weighted by molar-refractivity contribution is -0.385. The topological polar surface area (TPSA) is 118 Å². The summed E-state index contributed by atoms with van der Waals surface area (Å²) in [6, 6.07) is 2.79. The Hall–Kier alpha value is -3.10. The number of hydrogen-bond acceptors (Lipinski definition) is 6. The molecule has 3 amide bonds. The maximum absolute atomic E-state index is 12.9. The van der Waals surface area contributed by atoms with Gasteiger partial charge in [-0.05, 0) is 25.3 Å². The Balaban J connectivity index is 3.30. The summed E-state index contributed by atoms with van der Waals surface area (Å²) in [5.41, 5.74) is -0.206. The summed E-state index contributed by atoms with van der Waals surface area (Å²) >= 11 is 0. The number of carbonyl (C=O) groups is 4. The SMILES string of the molecule is Cc1c(C(=O)N(C=O)C(CCC=O)C(=O)N(C)CC(C)C)cccc1[N+](=O)[O-]. The van der Waals surface area contributed by atoms with Crippen LogP contribution in [0.2, 0.25) is 0 Å². The first-order valence-electron chi connectivity index (χ1n) is 8.86. The van der Waals surface area contributed by atoms with Crippen LogP contribution >= 0.6 is 0 Å². The van der Waals surface area contributed by atoms with Gasteiger partial charge in [-0.2, -0.15) is 0 Å². The molecule has 0 N–H and O–H groups in total. The van der Waals surface area contributed by atoms with Gasteiger partial charge in [-0.3, -0.25) is 29.4 Å². The lowest BCUT2D eigenvalue weighted by atomic mass is 10.0. The van der Waals surface area contributed by atoms with Crippen molar-refractivity contribution in [1.29, 1.82) is 0 Å². The minimum absolute atomic E-state index is 0.0164. The van der Waals surface area contributed by atoms with Crippen LogP contribution < -0.4 is 0 Å². The van der Waals surface area contributed by atoms with Crippen molar-refractivity contribution < 1.29 is 24.1 Å². The van der Waals surface area contributed by atoms with E-state index in [1.54, 1.807) is 7.05 Å². The van der Waals surface area contributed by atoms with Crippen LogP contribution in [0.5, 0.6) is 0 Å². The Morgan fingerprint density at radius 1 is 1.25 bits per heavy atom. The summed E-state index contributed by atoms with van der Waals surface area (Å²) in [5, 5.41) is 11.1. The molecule has 9 heteroatoms. The summed E-state index contributed by atoms with van der Waals surface area (Å²) < 4.78 is 0. The average molecular weight is 391 g/mol. The molecule has 0 saturated carbocycles. The van der Waals surface area contributed by atoms with Crippen LogP contribution in [0.25, 0.3) is 0 Å². The zero-order valence-corrected chi connectivity index (χ0v) is 16.5. The van der Waals surface area contributed by atoms with Gasteiger partial charge < -0.3 is 9.69 Å². The molecule has 1 atom stereocenters. The predicted molar refractivity (Wildman–Crippen MR) is 102 cm³/mol. The molecule has 0 fully saturated rings. The molecule has 0 heterocycles. The van der Waals surface area contributed by atoms with Crippen molar-refractivity contribution in [3.63, 3.8) is 0 Å². The molecule has 0 radical (unpaired) electrons. The second-order valence-electron chi connectivity index (χ2n) is 6.90. The smallest absolute Gasteiger partial charge is 0.273 e. The first-order chi connectivity index (χ1) is 13.1. The number of imide groups is 1. The number of nitro groups is 1. The van der Waals surface area contributed by atoms with Crippen LogP contribution in [0.3, 0.4) is 0 Å². The number of nitrogens with zero attached hydrogens (tertiary/aromatic N) is 3. The van der Waals surface area contributed by atoms with E-state index in [2.05, 4.69) is 0 Å². The van der Waals surface area contributed by atoms with Gasteiger partial charge in [0.25, 0.3) is 11.6 Å². The number of benzene rings is 1. The van der Waals surface area contributed by atoms with Gasteiger partial charge in [0.15, 0.2) is 0 Å². The Morgan fingerprint density at radius 3 is 2.39 bits per heavy atom. The molecular weight excluding hydrogens is 366 g/mol. The number of likely N-dealkylation sites (N-methyl/N-ethyl adjacent to an activating group) is 1. The molecule has 152 valence electrons. The Kier molecular flexibility index (Phi) is 8.43. The van der Waals surface area contributed by atoms with E-state index in [0.717, 1.165) is 0 Å². The van der Waals surface area contributed by atoms with Gasteiger partial charge >= 0.3 is 0 Å². The van der Waals surface area contributed by atoms with Crippen molar-refractivity contribution in [2.24, 2.45) is 5.92 Å². The maximum atomic E-state index is 12.9. The summed E-state index contributed by atoms with van der Waals surface area (Å²) in [6.45, 7) is 5.65. The zero-order chi connectivity index (χ0) is 21.4. The van der Waals surface area contributed by atoms with E-state index in [4.69, 9.17) is 0 Å². The summed E-state index contributed by atoms with van der Waals surface area (Å²) in [5.74, 6) is -1.13. The first kappa shape index (κ1) is 22.9. The highest BCUT2D eigenvalue weighted by Gasteiger charge is 2.33. The van der Waals surface area contributed by atoms with Crippen molar-refractivity contribution in [3.05, 3.63) is 39.4 Å². The second kappa shape index (κ2) is 10.3. The Labute approximate surface area is 163 Å². The lowest BCUT2D eigenvalue weighted by Gasteiger charge is -2.30. The van der Waals surface area contributed by atoms with Crippen LogP contribution in [-0.2, 0) is 14.4 Å². The number of hydrogen-bond donors (Lipinski definition) is 0.